The summed E-state index contributed by atoms with van der Waals surface area (Å²) in [5, 5.41) is 2.77. The van der Waals surface area contributed by atoms with Crippen molar-refractivity contribution in [2.45, 2.75) is 78.8 Å². The highest BCUT2D eigenvalue weighted by atomic mass is 16.6. The molecule has 3 rings (SSSR count). The molecule has 0 aliphatic heterocycles. The van der Waals surface area contributed by atoms with Gasteiger partial charge in [0.25, 0.3) is 0 Å². The van der Waals surface area contributed by atoms with Crippen molar-refractivity contribution < 1.29 is 19.1 Å². The van der Waals surface area contributed by atoms with E-state index in [1.54, 1.807) is 0 Å². The molecule has 2 aromatic rings. The van der Waals surface area contributed by atoms with Crippen LogP contribution in [-0.2, 0) is 9.53 Å². The van der Waals surface area contributed by atoms with E-state index in [2.05, 4.69) is 39.9 Å². The van der Waals surface area contributed by atoms with E-state index in [4.69, 9.17) is 9.47 Å². The van der Waals surface area contributed by atoms with Crippen molar-refractivity contribution in [3.8, 4) is 16.9 Å². The fraction of sp³-hybridized carbons (Fsp3) is 0.517. The first-order chi connectivity index (χ1) is 16.4. The molecule has 1 N–H and O–H groups in total. The van der Waals surface area contributed by atoms with Gasteiger partial charge in [0.1, 0.15) is 19.0 Å². The third-order valence-corrected chi connectivity index (χ3v) is 6.56. The summed E-state index contributed by atoms with van der Waals surface area (Å²) in [7, 11) is 0. The molecule has 0 heterocycles. The van der Waals surface area contributed by atoms with Crippen LogP contribution in [0.4, 0.5) is 10.5 Å². The van der Waals surface area contributed by atoms with E-state index < -0.39 is 0 Å². The first-order valence-corrected chi connectivity index (χ1v) is 12.5. The minimum Gasteiger partial charge on any atom is -0.490 e. The van der Waals surface area contributed by atoms with Gasteiger partial charge in [-0.3, -0.25) is 4.79 Å². The van der Waals surface area contributed by atoms with Gasteiger partial charge in [0.05, 0.1) is 0 Å². The van der Waals surface area contributed by atoms with Gasteiger partial charge in [-0.2, -0.15) is 0 Å². The van der Waals surface area contributed by atoms with Gasteiger partial charge in [-0.05, 0) is 87.3 Å². The van der Waals surface area contributed by atoms with Crippen molar-refractivity contribution in [3.05, 3.63) is 48.5 Å². The van der Waals surface area contributed by atoms with Crippen LogP contribution in [0.2, 0.25) is 0 Å². The SMILES string of the molecule is CC(=O)Nc1ccc(-c2ccc(OCCOC(=O)N(C3CCC(C)(C)CC3)C(C)(C)C)cc2)cc1. The van der Waals surface area contributed by atoms with Crippen molar-refractivity contribution in [2.75, 3.05) is 18.5 Å². The van der Waals surface area contributed by atoms with Gasteiger partial charge in [-0.15, -0.1) is 0 Å². The topological polar surface area (TPSA) is 67.9 Å². The van der Waals surface area contributed by atoms with Crippen LogP contribution in [0.1, 0.15) is 67.2 Å². The molecular formula is C29H40N2O4. The smallest absolute Gasteiger partial charge is 0.410 e. The van der Waals surface area contributed by atoms with Gasteiger partial charge < -0.3 is 19.7 Å². The quantitative estimate of drug-likeness (QED) is 0.438. The second-order valence-corrected chi connectivity index (χ2v) is 11.2. The van der Waals surface area contributed by atoms with Crippen LogP contribution in [0.25, 0.3) is 11.1 Å². The summed E-state index contributed by atoms with van der Waals surface area (Å²) in [4.78, 5) is 26.1. The molecule has 2 amide bonds. The number of nitrogens with zero attached hydrogens (tertiary/aromatic N) is 1. The predicted octanol–water partition coefficient (Wildman–Crippen LogP) is 6.90. The van der Waals surface area contributed by atoms with Crippen molar-refractivity contribution in [3.63, 3.8) is 0 Å². The molecule has 190 valence electrons. The van der Waals surface area contributed by atoms with Crippen LogP contribution in [0.5, 0.6) is 5.75 Å². The largest absolute Gasteiger partial charge is 0.490 e. The number of rotatable bonds is 7. The Balaban J connectivity index is 1.48. The molecule has 6 heteroatoms. The highest BCUT2D eigenvalue weighted by Crippen LogP contribution is 2.38. The molecule has 35 heavy (non-hydrogen) atoms. The Kier molecular flexibility index (Phi) is 8.47. The van der Waals surface area contributed by atoms with Gasteiger partial charge in [0.2, 0.25) is 5.91 Å². The van der Waals surface area contributed by atoms with E-state index in [0.717, 1.165) is 48.2 Å². The lowest BCUT2D eigenvalue weighted by Crippen LogP contribution is -2.53. The molecule has 2 aromatic carbocycles. The molecule has 0 radical (unpaired) electrons. The molecule has 0 bridgehead atoms. The average Bonchev–Trinajstić information content (AvgIpc) is 2.78. The number of carbonyl (C=O) groups is 2. The first-order valence-electron chi connectivity index (χ1n) is 12.5. The standard InChI is InChI=1S/C29H40N2O4/c1-21(32)30-24-11-7-22(8-12-24)23-9-13-26(14-10-23)34-19-20-35-27(33)31(28(2,3)4)25-15-17-29(5,6)18-16-25/h7-14,25H,15-20H2,1-6H3,(H,30,32). The minimum absolute atomic E-state index is 0.0888. The fourth-order valence-electron chi connectivity index (χ4n) is 4.66. The Morgan fingerprint density at radius 2 is 1.49 bits per heavy atom. The number of amides is 2. The molecule has 1 fully saturated rings. The van der Waals surface area contributed by atoms with Crippen LogP contribution in [0, 0.1) is 5.41 Å². The van der Waals surface area contributed by atoms with Gasteiger partial charge >= 0.3 is 6.09 Å². The highest BCUT2D eigenvalue weighted by Gasteiger charge is 2.38. The van der Waals surface area contributed by atoms with Crippen LogP contribution >= 0.6 is 0 Å². The Morgan fingerprint density at radius 3 is 2.00 bits per heavy atom. The maximum Gasteiger partial charge on any atom is 0.410 e. The number of carbonyl (C=O) groups excluding carboxylic acids is 2. The molecule has 1 aliphatic carbocycles. The summed E-state index contributed by atoms with van der Waals surface area (Å²) < 4.78 is 11.4. The normalized spacial score (nSPS) is 15.8. The number of benzene rings is 2. The predicted molar refractivity (Wildman–Crippen MR) is 141 cm³/mol. The molecule has 0 spiro atoms. The number of hydrogen-bond acceptors (Lipinski definition) is 4. The zero-order chi connectivity index (χ0) is 25.6. The second-order valence-electron chi connectivity index (χ2n) is 11.2. The molecule has 6 nitrogen and oxygen atoms in total. The lowest BCUT2D eigenvalue weighted by molar-refractivity contribution is -0.114. The highest BCUT2D eigenvalue weighted by molar-refractivity contribution is 5.89. The van der Waals surface area contributed by atoms with Gasteiger partial charge in [0.15, 0.2) is 0 Å². The van der Waals surface area contributed by atoms with Crippen molar-refractivity contribution in [2.24, 2.45) is 5.41 Å². The van der Waals surface area contributed by atoms with E-state index in [9.17, 15) is 9.59 Å². The Bertz CT molecular complexity index is 981. The summed E-state index contributed by atoms with van der Waals surface area (Å²) in [6.45, 7) is 12.8. The maximum absolute atomic E-state index is 13.0. The van der Waals surface area contributed by atoms with Crippen molar-refractivity contribution in [1.82, 2.24) is 4.90 Å². The third-order valence-electron chi connectivity index (χ3n) is 6.56. The van der Waals surface area contributed by atoms with E-state index in [0.29, 0.717) is 12.0 Å². The van der Waals surface area contributed by atoms with Gasteiger partial charge in [0, 0.05) is 24.2 Å². The molecule has 0 aromatic heterocycles. The van der Waals surface area contributed by atoms with Gasteiger partial charge in [-0.25, -0.2) is 4.79 Å². The lowest BCUT2D eigenvalue weighted by atomic mass is 9.74. The van der Waals surface area contributed by atoms with Gasteiger partial charge in [-0.1, -0.05) is 38.1 Å². The van der Waals surface area contributed by atoms with Crippen molar-refractivity contribution in [1.29, 1.82) is 0 Å². The number of ether oxygens (including phenoxy) is 2. The summed E-state index contributed by atoms with van der Waals surface area (Å²) in [6, 6.07) is 15.7. The number of nitrogens with one attached hydrogen (secondary N) is 1. The molecule has 0 atom stereocenters. The van der Waals surface area contributed by atoms with E-state index in [1.165, 1.54) is 6.92 Å². The van der Waals surface area contributed by atoms with Crippen LogP contribution in [-0.4, -0.2) is 41.7 Å². The third kappa shape index (κ3) is 7.74. The van der Waals surface area contributed by atoms with E-state index >= 15 is 0 Å². The molecular weight excluding hydrogens is 440 g/mol. The zero-order valence-electron chi connectivity index (χ0n) is 22.0. The van der Waals surface area contributed by atoms with Crippen LogP contribution in [0.15, 0.2) is 48.5 Å². The van der Waals surface area contributed by atoms with Crippen LogP contribution < -0.4 is 10.1 Å². The number of anilines is 1. The fourth-order valence-corrected chi connectivity index (χ4v) is 4.66. The first kappa shape index (κ1) is 26.6. The van der Waals surface area contributed by atoms with Crippen molar-refractivity contribution >= 4 is 17.7 Å². The van der Waals surface area contributed by atoms with E-state index in [1.807, 2.05) is 53.4 Å². The summed E-state index contributed by atoms with van der Waals surface area (Å²) in [5.41, 5.74) is 2.93. The Labute approximate surface area is 210 Å². The molecule has 0 saturated heterocycles. The monoisotopic (exact) mass is 480 g/mol. The summed E-state index contributed by atoms with van der Waals surface area (Å²) >= 11 is 0. The molecule has 1 aliphatic rings. The molecule has 0 unspecified atom stereocenters. The van der Waals surface area contributed by atoms with E-state index in [-0.39, 0.29) is 30.2 Å². The molecule has 1 saturated carbocycles. The average molecular weight is 481 g/mol. The maximum atomic E-state index is 13.0. The minimum atomic E-state index is -0.291. The summed E-state index contributed by atoms with van der Waals surface area (Å²) in [6.07, 6.45) is 4.01. The Hall–Kier alpha value is -3.02. The lowest BCUT2D eigenvalue weighted by Gasteiger charge is -2.45. The van der Waals surface area contributed by atoms with Crippen LogP contribution in [0.3, 0.4) is 0 Å². The zero-order valence-corrected chi connectivity index (χ0v) is 22.0. The second kappa shape index (κ2) is 11.1. The Morgan fingerprint density at radius 1 is 0.943 bits per heavy atom. The summed E-state index contributed by atoms with van der Waals surface area (Å²) in [5.74, 6) is 0.635. The number of hydrogen-bond donors (Lipinski definition) is 1.